The SMILES string of the molecule is CC(C(=O)NC1CCN(C(C)C)C1)c1ccc(-c2ccccc2)c(F)c1. The highest BCUT2D eigenvalue weighted by Crippen LogP contribution is 2.26. The fraction of sp³-hybridized carbons (Fsp3) is 0.409. The Bertz CT molecular complexity index is 760. The summed E-state index contributed by atoms with van der Waals surface area (Å²) >= 11 is 0. The van der Waals surface area contributed by atoms with E-state index in [0.717, 1.165) is 25.1 Å². The first-order chi connectivity index (χ1) is 12.5. The maximum absolute atomic E-state index is 14.6. The molecule has 1 N–H and O–H groups in total. The molecule has 0 bridgehead atoms. The number of hydrogen-bond acceptors (Lipinski definition) is 2. The highest BCUT2D eigenvalue weighted by molar-refractivity contribution is 5.83. The van der Waals surface area contributed by atoms with E-state index in [1.165, 1.54) is 6.07 Å². The lowest BCUT2D eigenvalue weighted by Crippen LogP contribution is -2.40. The summed E-state index contributed by atoms with van der Waals surface area (Å²) in [6.07, 6.45) is 0.970. The molecule has 2 aromatic carbocycles. The average Bonchev–Trinajstić information content (AvgIpc) is 3.10. The molecule has 1 fully saturated rings. The van der Waals surface area contributed by atoms with Crippen LogP contribution in [0.1, 0.15) is 38.7 Å². The number of nitrogens with zero attached hydrogens (tertiary/aromatic N) is 1. The molecule has 0 radical (unpaired) electrons. The number of hydrogen-bond donors (Lipinski definition) is 1. The van der Waals surface area contributed by atoms with Crippen molar-refractivity contribution in [3.63, 3.8) is 0 Å². The standard InChI is InChI=1S/C22H27FN2O/c1-15(2)25-12-11-19(14-25)24-22(26)16(3)18-9-10-20(21(23)13-18)17-7-5-4-6-8-17/h4-10,13,15-16,19H,11-12,14H2,1-3H3,(H,24,26). The molecule has 3 rings (SSSR count). The number of nitrogens with one attached hydrogen (secondary N) is 1. The van der Waals surface area contributed by atoms with Gasteiger partial charge in [-0.05, 0) is 44.4 Å². The van der Waals surface area contributed by atoms with Crippen LogP contribution in [0.4, 0.5) is 4.39 Å². The van der Waals surface area contributed by atoms with E-state index in [1.54, 1.807) is 6.07 Å². The summed E-state index contributed by atoms with van der Waals surface area (Å²) in [5.74, 6) is -0.699. The van der Waals surface area contributed by atoms with Crippen LogP contribution in [0.15, 0.2) is 48.5 Å². The van der Waals surface area contributed by atoms with E-state index >= 15 is 0 Å². The number of rotatable bonds is 5. The average molecular weight is 354 g/mol. The van der Waals surface area contributed by atoms with Crippen LogP contribution in [0.2, 0.25) is 0 Å². The van der Waals surface area contributed by atoms with Crippen molar-refractivity contribution in [3.05, 3.63) is 59.9 Å². The molecule has 0 aromatic heterocycles. The monoisotopic (exact) mass is 354 g/mol. The Kier molecular flexibility index (Phi) is 5.72. The third-order valence-electron chi connectivity index (χ3n) is 5.27. The quantitative estimate of drug-likeness (QED) is 0.873. The molecule has 3 nitrogen and oxygen atoms in total. The number of carbonyl (C=O) groups excluding carboxylic acids is 1. The molecule has 26 heavy (non-hydrogen) atoms. The van der Waals surface area contributed by atoms with Crippen molar-refractivity contribution >= 4 is 5.91 Å². The van der Waals surface area contributed by atoms with Gasteiger partial charge in [0.2, 0.25) is 5.91 Å². The Labute approximate surface area is 155 Å². The predicted octanol–water partition coefficient (Wildman–Crippen LogP) is 4.20. The van der Waals surface area contributed by atoms with Gasteiger partial charge in [-0.3, -0.25) is 9.69 Å². The molecule has 1 saturated heterocycles. The van der Waals surface area contributed by atoms with Gasteiger partial charge in [0.25, 0.3) is 0 Å². The second kappa shape index (κ2) is 8.00. The van der Waals surface area contributed by atoms with Crippen molar-refractivity contribution in [2.45, 2.75) is 45.2 Å². The Morgan fingerprint density at radius 1 is 1.15 bits per heavy atom. The Balaban J connectivity index is 1.67. The summed E-state index contributed by atoms with van der Waals surface area (Å²) in [6, 6.07) is 15.2. The van der Waals surface area contributed by atoms with Crippen molar-refractivity contribution < 1.29 is 9.18 Å². The van der Waals surface area contributed by atoms with Gasteiger partial charge in [0, 0.05) is 30.7 Å². The Morgan fingerprint density at radius 2 is 1.88 bits per heavy atom. The lowest BCUT2D eigenvalue weighted by molar-refractivity contribution is -0.122. The van der Waals surface area contributed by atoms with Gasteiger partial charge in [0.05, 0.1) is 5.92 Å². The molecule has 1 amide bonds. The van der Waals surface area contributed by atoms with Gasteiger partial charge in [0.15, 0.2) is 0 Å². The maximum atomic E-state index is 14.6. The molecule has 138 valence electrons. The number of amides is 1. The topological polar surface area (TPSA) is 32.3 Å². The maximum Gasteiger partial charge on any atom is 0.227 e. The second-order valence-electron chi connectivity index (χ2n) is 7.41. The zero-order chi connectivity index (χ0) is 18.7. The minimum Gasteiger partial charge on any atom is -0.352 e. The summed E-state index contributed by atoms with van der Waals surface area (Å²) < 4.78 is 14.6. The van der Waals surface area contributed by atoms with Gasteiger partial charge in [0.1, 0.15) is 5.82 Å². The van der Waals surface area contributed by atoms with Gasteiger partial charge in [-0.15, -0.1) is 0 Å². The zero-order valence-corrected chi connectivity index (χ0v) is 15.7. The first-order valence-corrected chi connectivity index (χ1v) is 9.35. The molecule has 1 aliphatic heterocycles. The highest BCUT2D eigenvalue weighted by atomic mass is 19.1. The van der Waals surface area contributed by atoms with E-state index in [4.69, 9.17) is 0 Å². The lowest BCUT2D eigenvalue weighted by Gasteiger charge is -2.21. The summed E-state index contributed by atoms with van der Waals surface area (Å²) in [6.45, 7) is 8.07. The smallest absolute Gasteiger partial charge is 0.227 e. The first kappa shape index (κ1) is 18.6. The summed E-state index contributed by atoms with van der Waals surface area (Å²) in [7, 11) is 0. The van der Waals surface area contributed by atoms with Crippen LogP contribution in [-0.4, -0.2) is 36.0 Å². The minimum absolute atomic E-state index is 0.0348. The molecule has 0 saturated carbocycles. The zero-order valence-electron chi connectivity index (χ0n) is 15.7. The fourth-order valence-electron chi connectivity index (χ4n) is 3.50. The van der Waals surface area contributed by atoms with E-state index in [1.807, 2.05) is 43.3 Å². The highest BCUT2D eigenvalue weighted by Gasteiger charge is 2.27. The molecule has 1 aliphatic rings. The second-order valence-corrected chi connectivity index (χ2v) is 7.41. The molecule has 0 aliphatic carbocycles. The molecule has 2 unspecified atom stereocenters. The van der Waals surface area contributed by atoms with Crippen molar-refractivity contribution in [1.82, 2.24) is 10.2 Å². The van der Waals surface area contributed by atoms with E-state index in [-0.39, 0.29) is 23.7 Å². The van der Waals surface area contributed by atoms with Crippen molar-refractivity contribution in [2.24, 2.45) is 0 Å². The van der Waals surface area contributed by atoms with Gasteiger partial charge >= 0.3 is 0 Å². The molecule has 2 aromatic rings. The van der Waals surface area contributed by atoms with E-state index in [2.05, 4.69) is 24.1 Å². The third kappa shape index (κ3) is 4.13. The largest absolute Gasteiger partial charge is 0.352 e. The Hall–Kier alpha value is -2.20. The molecule has 0 spiro atoms. The predicted molar refractivity (Wildman–Crippen MR) is 104 cm³/mol. The lowest BCUT2D eigenvalue weighted by atomic mass is 9.96. The van der Waals surface area contributed by atoms with Crippen LogP contribution in [-0.2, 0) is 4.79 Å². The third-order valence-corrected chi connectivity index (χ3v) is 5.27. The number of carbonyl (C=O) groups is 1. The molecule has 1 heterocycles. The van der Waals surface area contributed by atoms with Crippen LogP contribution < -0.4 is 5.32 Å². The summed E-state index contributed by atoms with van der Waals surface area (Å²) in [4.78, 5) is 15.0. The van der Waals surface area contributed by atoms with Crippen molar-refractivity contribution in [1.29, 1.82) is 0 Å². The van der Waals surface area contributed by atoms with Gasteiger partial charge in [-0.2, -0.15) is 0 Å². The van der Waals surface area contributed by atoms with E-state index < -0.39 is 0 Å². The number of halogens is 1. The fourth-order valence-corrected chi connectivity index (χ4v) is 3.50. The van der Waals surface area contributed by atoms with Crippen molar-refractivity contribution in [3.8, 4) is 11.1 Å². The van der Waals surface area contributed by atoms with E-state index in [9.17, 15) is 9.18 Å². The van der Waals surface area contributed by atoms with Gasteiger partial charge < -0.3 is 5.32 Å². The normalized spacial score (nSPS) is 18.9. The van der Waals surface area contributed by atoms with Crippen LogP contribution in [0.25, 0.3) is 11.1 Å². The molecule has 2 atom stereocenters. The van der Waals surface area contributed by atoms with Gasteiger partial charge in [-0.1, -0.05) is 42.5 Å². The van der Waals surface area contributed by atoms with Crippen LogP contribution in [0, 0.1) is 5.82 Å². The molecular formula is C22H27FN2O. The minimum atomic E-state index is -0.373. The number of likely N-dealkylation sites (tertiary alicyclic amines) is 1. The Morgan fingerprint density at radius 3 is 2.50 bits per heavy atom. The summed E-state index contributed by atoms with van der Waals surface area (Å²) in [5, 5.41) is 3.12. The first-order valence-electron chi connectivity index (χ1n) is 9.35. The van der Waals surface area contributed by atoms with Crippen molar-refractivity contribution in [2.75, 3.05) is 13.1 Å². The van der Waals surface area contributed by atoms with Crippen LogP contribution in [0.5, 0.6) is 0 Å². The van der Waals surface area contributed by atoms with E-state index in [0.29, 0.717) is 17.2 Å². The summed E-state index contributed by atoms with van der Waals surface area (Å²) in [5.41, 5.74) is 2.11. The van der Waals surface area contributed by atoms with Crippen LogP contribution in [0.3, 0.4) is 0 Å². The van der Waals surface area contributed by atoms with Crippen LogP contribution >= 0.6 is 0 Å². The molecular weight excluding hydrogens is 327 g/mol. The molecule has 4 heteroatoms. The number of benzene rings is 2. The van der Waals surface area contributed by atoms with Gasteiger partial charge in [-0.25, -0.2) is 4.39 Å².